The second kappa shape index (κ2) is 36.5. The summed E-state index contributed by atoms with van der Waals surface area (Å²) in [6, 6.07) is 3.27. The molecule has 2 heterocycles. The van der Waals surface area contributed by atoms with Crippen LogP contribution in [0.3, 0.4) is 0 Å². The lowest BCUT2D eigenvalue weighted by Crippen LogP contribution is -2.55. The monoisotopic (exact) mass is 1220 g/mol. The highest BCUT2D eigenvalue weighted by Crippen LogP contribution is 2.29. The van der Waals surface area contributed by atoms with Gasteiger partial charge in [-0.1, -0.05) is 67.0 Å². The van der Waals surface area contributed by atoms with E-state index < -0.39 is 101 Å². The van der Waals surface area contributed by atoms with Crippen LogP contribution in [0.5, 0.6) is 0 Å². The molecule has 3 rings (SSSR count). The fourth-order valence-electron chi connectivity index (χ4n) is 10.1. The number of sulfonamides is 1. The molecule has 0 saturated carbocycles. The molecule has 10 amide bonds. The van der Waals surface area contributed by atoms with E-state index in [1.54, 1.807) is 51.7 Å². The second-order valence-electron chi connectivity index (χ2n) is 22.0. The summed E-state index contributed by atoms with van der Waals surface area (Å²) in [5, 5.41) is 13.0. The van der Waals surface area contributed by atoms with Crippen molar-refractivity contribution >= 4 is 74.8 Å². The van der Waals surface area contributed by atoms with Gasteiger partial charge in [0.1, 0.15) is 6.04 Å². The lowest BCUT2D eigenvalue weighted by Gasteiger charge is -2.39. The molecule has 478 valence electrons. The van der Waals surface area contributed by atoms with Gasteiger partial charge in [0, 0.05) is 52.1 Å². The number of ether oxygens (including phenoxy) is 5. The number of likely N-dealkylation sites (N-methyl/N-ethyl adjacent to an activating group) is 2. The molecule has 2 aliphatic heterocycles. The van der Waals surface area contributed by atoms with Crippen LogP contribution in [0.4, 0.5) is 5.69 Å². The van der Waals surface area contributed by atoms with E-state index in [2.05, 4.69) is 26.6 Å². The van der Waals surface area contributed by atoms with Crippen molar-refractivity contribution < 1.29 is 80.0 Å². The zero-order valence-electron chi connectivity index (χ0n) is 51.4. The van der Waals surface area contributed by atoms with Gasteiger partial charge in [-0.15, -0.1) is 0 Å². The van der Waals surface area contributed by atoms with Gasteiger partial charge in [0.2, 0.25) is 51.4 Å². The zero-order valence-corrected chi connectivity index (χ0v) is 52.2. The van der Waals surface area contributed by atoms with Crippen LogP contribution < -0.4 is 31.3 Å². The second-order valence-corrected chi connectivity index (χ2v) is 23.7. The zero-order chi connectivity index (χ0) is 63.6. The van der Waals surface area contributed by atoms with Gasteiger partial charge < -0.3 is 60.1 Å². The van der Waals surface area contributed by atoms with E-state index in [1.807, 2.05) is 32.4 Å². The number of hydrogen-bond acceptors (Lipinski definition) is 18. The van der Waals surface area contributed by atoms with Crippen LogP contribution >= 0.6 is 0 Å². The van der Waals surface area contributed by atoms with Crippen molar-refractivity contribution in [3.8, 4) is 0 Å². The molecular weight excluding hydrogens is 1130 g/mol. The number of hydrogen-bond donors (Lipinski definition) is 6. The molecule has 6 N–H and O–H groups in total. The summed E-state index contributed by atoms with van der Waals surface area (Å²) in [4.78, 5) is 135. The summed E-state index contributed by atoms with van der Waals surface area (Å²) in [6.45, 7) is 13.2. The fraction of sp³-hybridized carbons (Fsp3) is 0.684. The predicted octanol–water partition coefficient (Wildman–Crippen LogP) is -0.0681. The van der Waals surface area contributed by atoms with Crippen LogP contribution in [-0.2, 0) is 87.4 Å². The number of nitrogens with one attached hydrogen (secondary N) is 6. The van der Waals surface area contributed by atoms with E-state index in [0.717, 1.165) is 4.90 Å². The molecule has 2 aliphatic rings. The van der Waals surface area contributed by atoms with E-state index in [1.165, 1.54) is 55.5 Å². The lowest BCUT2D eigenvalue weighted by atomic mass is 9.90. The first-order valence-corrected chi connectivity index (χ1v) is 30.4. The SMILES string of the molecule is CC[C@H](C)[C@@H]([C@@H](CC(=O)N1CCC[C@H]1[C@H](OC)[C@@H](C)C(=O)NCC(=O)NS(=O)(=O)Cc1ccc(NC(=O)CNC(=O)C(NC(=O)CCOCCOCCOCCN2C(=O)C=CC2=O)C(C)C)cc1)OC)N(C)C(=O)CNC(=O)C(C(C)C)N(C)C. The average Bonchev–Trinajstić information content (AvgIpc) is 4.18. The average molecular weight is 1220 g/mol. The van der Waals surface area contributed by atoms with Crippen LogP contribution in [0.2, 0.25) is 0 Å². The molecule has 0 aliphatic carbocycles. The number of methoxy groups -OCH3 is 2. The van der Waals surface area contributed by atoms with Crippen LogP contribution in [0, 0.1) is 23.7 Å². The van der Waals surface area contributed by atoms with Crippen LogP contribution in [0.1, 0.15) is 86.1 Å². The normalized spacial score (nSPS) is 16.8. The van der Waals surface area contributed by atoms with Gasteiger partial charge in [-0.25, -0.2) is 8.42 Å². The third-order valence-electron chi connectivity index (χ3n) is 14.7. The molecular formula is C57H92N10O17S. The number of anilines is 1. The smallest absolute Gasteiger partial charge is 0.253 e. The largest absolute Gasteiger partial charge is 0.379 e. The number of rotatable bonds is 39. The predicted molar refractivity (Wildman–Crippen MR) is 313 cm³/mol. The number of benzene rings is 1. The first-order valence-electron chi connectivity index (χ1n) is 28.7. The highest BCUT2D eigenvalue weighted by molar-refractivity contribution is 7.89. The molecule has 1 fully saturated rings. The Morgan fingerprint density at radius 3 is 1.85 bits per heavy atom. The van der Waals surface area contributed by atoms with Crippen LogP contribution in [0.15, 0.2) is 36.4 Å². The molecule has 8 atom stereocenters. The van der Waals surface area contributed by atoms with Crippen molar-refractivity contribution in [3.63, 3.8) is 0 Å². The van der Waals surface area contributed by atoms with Gasteiger partial charge in [0.05, 0.1) is 114 Å². The van der Waals surface area contributed by atoms with Gasteiger partial charge in [0.25, 0.3) is 17.7 Å². The minimum absolute atomic E-state index is 0.00972. The minimum atomic E-state index is -4.27. The third-order valence-corrected chi connectivity index (χ3v) is 16.0. The van der Waals surface area contributed by atoms with E-state index in [9.17, 15) is 56.4 Å². The molecule has 0 bridgehead atoms. The quantitative estimate of drug-likeness (QED) is 0.0371. The minimum Gasteiger partial charge on any atom is -0.379 e. The van der Waals surface area contributed by atoms with E-state index in [0.29, 0.717) is 25.8 Å². The number of amides is 10. The third kappa shape index (κ3) is 24.1. The highest BCUT2D eigenvalue weighted by Gasteiger charge is 2.42. The summed E-state index contributed by atoms with van der Waals surface area (Å²) in [7, 11) is 3.87. The molecule has 28 heteroatoms. The standard InChI is InChI=1S/C57H92N10O17S/c1-13-38(6)53(65(10)50(74)34-60-57(77)52(37(4)5)64(8)9)43(80-11)31-49(73)66-23-14-15-42(66)54(81-12)39(7)55(75)58-33-46(70)63-85(78,79)35-40-16-18-41(19-17-40)61-45(69)32-59-56(76)51(36(2)3)62-44(68)22-25-82-27-29-84-30-28-83-26-24-67-47(71)20-21-48(67)72/h16-21,36-39,42-43,51-54H,13-15,22-35H2,1-12H3,(H,58,75)(H,59,76)(H,60,77)(H,61,69)(H,62,68)(H,63,70)/t38-,39+,42-,43+,51?,52?,53-,54+/m0/s1. The van der Waals surface area contributed by atoms with Crippen molar-refractivity contribution in [1.29, 1.82) is 0 Å². The van der Waals surface area contributed by atoms with Gasteiger partial charge in [0.15, 0.2) is 0 Å². The first-order chi connectivity index (χ1) is 40.2. The number of carbonyl (C=O) groups is 10. The van der Waals surface area contributed by atoms with Crippen LogP contribution in [-0.4, -0.2) is 231 Å². The summed E-state index contributed by atoms with van der Waals surface area (Å²) in [5.74, 6) is -6.82. The fourth-order valence-corrected chi connectivity index (χ4v) is 11.2. The van der Waals surface area contributed by atoms with Crippen molar-refractivity contribution in [2.45, 2.75) is 123 Å². The van der Waals surface area contributed by atoms with Crippen LogP contribution in [0.25, 0.3) is 0 Å². The Morgan fingerprint density at radius 1 is 0.706 bits per heavy atom. The van der Waals surface area contributed by atoms with Crippen molar-refractivity contribution in [2.24, 2.45) is 23.7 Å². The summed E-state index contributed by atoms with van der Waals surface area (Å²) >= 11 is 0. The Balaban J connectivity index is 1.42. The Morgan fingerprint density at radius 2 is 1.28 bits per heavy atom. The van der Waals surface area contributed by atoms with Gasteiger partial charge >= 0.3 is 0 Å². The number of likely N-dealkylation sites (tertiary alicyclic amines) is 1. The van der Waals surface area contributed by atoms with Crippen molar-refractivity contribution in [2.75, 3.05) is 113 Å². The number of carbonyl (C=O) groups excluding carboxylic acids is 10. The van der Waals surface area contributed by atoms with Gasteiger partial charge in [-0.3, -0.25) is 62.5 Å². The Labute approximate surface area is 500 Å². The number of nitrogens with zero attached hydrogens (tertiary/aromatic N) is 4. The van der Waals surface area contributed by atoms with Gasteiger partial charge in [-0.05, 0) is 62.4 Å². The summed E-state index contributed by atoms with van der Waals surface area (Å²) in [5.41, 5.74) is 0.540. The van der Waals surface area contributed by atoms with E-state index in [4.69, 9.17) is 23.7 Å². The summed E-state index contributed by atoms with van der Waals surface area (Å²) in [6.07, 6.45) is 2.55. The first kappa shape index (κ1) is 72.8. The molecule has 0 spiro atoms. The Kier molecular flexibility index (Phi) is 31.3. The maximum atomic E-state index is 14.2. The molecule has 2 unspecified atom stereocenters. The number of imide groups is 1. The molecule has 85 heavy (non-hydrogen) atoms. The Bertz CT molecular complexity index is 2520. The maximum Gasteiger partial charge on any atom is 0.253 e. The molecule has 0 radical (unpaired) electrons. The molecule has 0 aromatic heterocycles. The molecule has 1 aromatic rings. The molecule has 1 saturated heterocycles. The topological polar surface area (TPSA) is 336 Å². The highest BCUT2D eigenvalue weighted by atomic mass is 32.2. The van der Waals surface area contributed by atoms with Crippen molar-refractivity contribution in [3.05, 3.63) is 42.0 Å². The Hall–Kier alpha value is -6.43. The molecule has 1 aromatic carbocycles. The van der Waals surface area contributed by atoms with E-state index in [-0.39, 0.29) is 124 Å². The van der Waals surface area contributed by atoms with Crippen molar-refractivity contribution in [1.82, 2.24) is 45.6 Å². The lowest BCUT2D eigenvalue weighted by molar-refractivity contribution is -0.146. The molecule has 27 nitrogen and oxygen atoms in total. The van der Waals surface area contributed by atoms with E-state index >= 15 is 0 Å². The van der Waals surface area contributed by atoms with Gasteiger partial charge in [-0.2, -0.15) is 0 Å². The summed E-state index contributed by atoms with van der Waals surface area (Å²) < 4.78 is 56.0. The maximum absolute atomic E-state index is 14.2.